The van der Waals surface area contributed by atoms with Crippen molar-refractivity contribution >= 4 is 5.97 Å². The Morgan fingerprint density at radius 3 is 2.83 bits per heavy atom. The quantitative estimate of drug-likeness (QED) is 0.711. The molecule has 0 fully saturated rings. The van der Waals surface area contributed by atoms with Crippen molar-refractivity contribution in [3.63, 3.8) is 0 Å². The van der Waals surface area contributed by atoms with E-state index in [9.17, 15) is 4.79 Å². The molecule has 1 aromatic heterocycles. The number of hydrogen-bond acceptors (Lipinski definition) is 2. The van der Waals surface area contributed by atoms with E-state index >= 15 is 0 Å². The average molecular weight is 168 g/mol. The van der Waals surface area contributed by atoms with E-state index in [4.69, 9.17) is 5.11 Å². The standard InChI is InChI=1S/C8H12N2O2/c1-5(2)7-3-6(9-10-7)4-8(11)12/h3,5H,4H2,1-2H3,(H,9,10)(H,11,12). The zero-order valence-corrected chi connectivity index (χ0v) is 7.16. The molecule has 0 saturated heterocycles. The predicted octanol–water partition coefficient (Wildman–Crippen LogP) is 1.16. The van der Waals surface area contributed by atoms with E-state index in [2.05, 4.69) is 10.2 Å². The molecular weight excluding hydrogens is 156 g/mol. The number of hydrogen-bond donors (Lipinski definition) is 2. The molecule has 4 heteroatoms. The van der Waals surface area contributed by atoms with Gasteiger partial charge in [-0.1, -0.05) is 13.8 Å². The van der Waals surface area contributed by atoms with Crippen molar-refractivity contribution in [1.82, 2.24) is 10.2 Å². The molecule has 0 radical (unpaired) electrons. The smallest absolute Gasteiger partial charge is 0.309 e. The summed E-state index contributed by atoms with van der Waals surface area (Å²) in [5, 5.41) is 15.1. The van der Waals surface area contributed by atoms with Crippen LogP contribution >= 0.6 is 0 Å². The van der Waals surface area contributed by atoms with Gasteiger partial charge in [-0.15, -0.1) is 0 Å². The van der Waals surface area contributed by atoms with Gasteiger partial charge in [0.2, 0.25) is 0 Å². The highest BCUT2D eigenvalue weighted by atomic mass is 16.4. The summed E-state index contributed by atoms with van der Waals surface area (Å²) in [6.07, 6.45) is 0.0136. The number of nitrogens with one attached hydrogen (secondary N) is 1. The Balaban J connectivity index is 2.70. The van der Waals surface area contributed by atoms with Gasteiger partial charge in [0.1, 0.15) is 0 Å². The molecule has 0 aliphatic rings. The molecule has 0 bridgehead atoms. The van der Waals surface area contributed by atoms with E-state index in [1.54, 1.807) is 6.07 Å². The highest BCUT2D eigenvalue weighted by Gasteiger charge is 2.06. The lowest BCUT2D eigenvalue weighted by molar-refractivity contribution is -0.136. The minimum atomic E-state index is -0.839. The van der Waals surface area contributed by atoms with Crippen molar-refractivity contribution in [2.24, 2.45) is 0 Å². The minimum absolute atomic E-state index is 0.0136. The van der Waals surface area contributed by atoms with Crippen molar-refractivity contribution in [2.75, 3.05) is 0 Å². The van der Waals surface area contributed by atoms with Gasteiger partial charge in [-0.05, 0) is 12.0 Å². The molecule has 0 aromatic carbocycles. The molecule has 0 spiro atoms. The van der Waals surface area contributed by atoms with Gasteiger partial charge in [-0.2, -0.15) is 5.10 Å². The van der Waals surface area contributed by atoms with Crippen LogP contribution in [0.4, 0.5) is 0 Å². The normalized spacial score (nSPS) is 10.6. The SMILES string of the molecule is CC(C)c1cc(CC(=O)O)[nH]n1. The van der Waals surface area contributed by atoms with Gasteiger partial charge in [0.15, 0.2) is 0 Å². The number of carboxylic acids is 1. The third-order valence-electron chi connectivity index (χ3n) is 1.58. The number of aromatic nitrogens is 2. The second kappa shape index (κ2) is 3.38. The van der Waals surface area contributed by atoms with Crippen LogP contribution in [0.3, 0.4) is 0 Å². The van der Waals surface area contributed by atoms with Crippen molar-refractivity contribution < 1.29 is 9.90 Å². The summed E-state index contributed by atoms with van der Waals surface area (Å²) in [5.74, 6) is -0.502. The number of aromatic amines is 1. The van der Waals surface area contributed by atoms with Gasteiger partial charge >= 0.3 is 5.97 Å². The van der Waals surface area contributed by atoms with Crippen LogP contribution in [0, 0.1) is 0 Å². The molecule has 0 aliphatic heterocycles. The van der Waals surface area contributed by atoms with E-state index in [1.807, 2.05) is 13.8 Å². The Morgan fingerprint density at radius 2 is 2.42 bits per heavy atom. The molecule has 0 unspecified atom stereocenters. The van der Waals surface area contributed by atoms with E-state index in [0.717, 1.165) is 5.69 Å². The molecule has 2 N–H and O–H groups in total. The van der Waals surface area contributed by atoms with Crippen molar-refractivity contribution in [2.45, 2.75) is 26.2 Å². The number of aliphatic carboxylic acids is 1. The largest absolute Gasteiger partial charge is 0.481 e. The fourth-order valence-corrected chi connectivity index (χ4v) is 0.929. The van der Waals surface area contributed by atoms with Crippen LogP contribution in [0.1, 0.15) is 31.2 Å². The highest BCUT2D eigenvalue weighted by molar-refractivity contribution is 5.69. The van der Waals surface area contributed by atoms with Crippen LogP contribution in [0.15, 0.2) is 6.07 Å². The monoisotopic (exact) mass is 168 g/mol. The molecule has 1 aromatic rings. The van der Waals surface area contributed by atoms with Gasteiger partial charge < -0.3 is 5.11 Å². The third kappa shape index (κ3) is 2.08. The lowest BCUT2D eigenvalue weighted by Crippen LogP contribution is -1.99. The first-order valence-electron chi connectivity index (χ1n) is 3.85. The van der Waals surface area contributed by atoms with Crippen LogP contribution in [-0.4, -0.2) is 21.3 Å². The van der Waals surface area contributed by atoms with Crippen molar-refractivity contribution in [1.29, 1.82) is 0 Å². The van der Waals surface area contributed by atoms with E-state index < -0.39 is 5.97 Å². The summed E-state index contributed by atoms with van der Waals surface area (Å²) in [6, 6.07) is 1.79. The molecule has 66 valence electrons. The second-order valence-electron chi connectivity index (χ2n) is 3.04. The summed E-state index contributed by atoms with van der Waals surface area (Å²) < 4.78 is 0. The summed E-state index contributed by atoms with van der Waals surface area (Å²) >= 11 is 0. The Bertz CT molecular complexity index is 278. The van der Waals surface area contributed by atoms with Crippen molar-refractivity contribution in [3.05, 3.63) is 17.5 Å². The van der Waals surface area contributed by atoms with E-state index in [-0.39, 0.29) is 6.42 Å². The minimum Gasteiger partial charge on any atom is -0.481 e. The van der Waals surface area contributed by atoms with Crippen LogP contribution in [0.5, 0.6) is 0 Å². The number of carbonyl (C=O) groups is 1. The molecule has 4 nitrogen and oxygen atoms in total. The van der Waals surface area contributed by atoms with Crippen LogP contribution in [0.25, 0.3) is 0 Å². The lowest BCUT2D eigenvalue weighted by Gasteiger charge is -1.94. The lowest BCUT2D eigenvalue weighted by atomic mass is 10.1. The summed E-state index contributed by atoms with van der Waals surface area (Å²) in [4.78, 5) is 10.3. The fraction of sp³-hybridized carbons (Fsp3) is 0.500. The molecule has 12 heavy (non-hydrogen) atoms. The van der Waals surface area contributed by atoms with Crippen LogP contribution in [0.2, 0.25) is 0 Å². The van der Waals surface area contributed by atoms with Gasteiger partial charge in [-0.25, -0.2) is 0 Å². The molecule has 0 saturated carbocycles. The molecular formula is C8H12N2O2. The number of rotatable bonds is 3. The van der Waals surface area contributed by atoms with E-state index in [0.29, 0.717) is 11.6 Å². The van der Waals surface area contributed by atoms with Gasteiger partial charge in [0.05, 0.1) is 12.1 Å². The summed E-state index contributed by atoms with van der Waals surface area (Å²) in [7, 11) is 0. The maximum Gasteiger partial charge on any atom is 0.309 e. The first-order valence-corrected chi connectivity index (χ1v) is 3.85. The summed E-state index contributed by atoms with van der Waals surface area (Å²) in [6.45, 7) is 4.03. The first kappa shape index (κ1) is 8.77. The zero-order valence-electron chi connectivity index (χ0n) is 7.16. The Labute approximate surface area is 70.6 Å². The fourth-order valence-electron chi connectivity index (χ4n) is 0.929. The van der Waals surface area contributed by atoms with Gasteiger partial charge in [-0.3, -0.25) is 9.89 Å². The van der Waals surface area contributed by atoms with Crippen LogP contribution < -0.4 is 0 Å². The highest BCUT2D eigenvalue weighted by Crippen LogP contribution is 2.11. The molecule has 1 heterocycles. The first-order chi connectivity index (χ1) is 5.59. The third-order valence-corrected chi connectivity index (χ3v) is 1.58. The molecule has 0 amide bonds. The second-order valence-corrected chi connectivity index (χ2v) is 3.04. The van der Waals surface area contributed by atoms with Crippen LogP contribution in [-0.2, 0) is 11.2 Å². The number of carboxylic acid groups (broad SMARTS) is 1. The molecule has 0 atom stereocenters. The Kier molecular flexibility index (Phi) is 2.47. The Hall–Kier alpha value is -1.32. The maximum absolute atomic E-state index is 10.3. The van der Waals surface area contributed by atoms with Gasteiger partial charge in [0.25, 0.3) is 0 Å². The topological polar surface area (TPSA) is 66.0 Å². The number of nitrogens with zero attached hydrogens (tertiary/aromatic N) is 1. The summed E-state index contributed by atoms with van der Waals surface area (Å²) in [5.41, 5.74) is 1.57. The average Bonchev–Trinajstić information content (AvgIpc) is 2.34. The zero-order chi connectivity index (χ0) is 9.14. The van der Waals surface area contributed by atoms with Gasteiger partial charge in [0, 0.05) is 5.69 Å². The Morgan fingerprint density at radius 1 is 1.75 bits per heavy atom. The van der Waals surface area contributed by atoms with Crippen molar-refractivity contribution in [3.8, 4) is 0 Å². The maximum atomic E-state index is 10.3. The number of H-pyrrole nitrogens is 1. The molecule has 0 aliphatic carbocycles. The predicted molar refractivity (Wildman–Crippen MR) is 44.0 cm³/mol. The molecule has 1 rings (SSSR count). The van der Waals surface area contributed by atoms with E-state index in [1.165, 1.54) is 0 Å².